The first-order chi connectivity index (χ1) is 14.5. The second kappa shape index (κ2) is 8.98. The summed E-state index contributed by atoms with van der Waals surface area (Å²) in [4.78, 5) is 26.9. The number of carbonyl (C=O) groups excluding carboxylic acids is 2. The minimum atomic E-state index is -0.520. The summed E-state index contributed by atoms with van der Waals surface area (Å²) in [5.74, 6) is 0.166. The zero-order chi connectivity index (χ0) is 21.1. The molecule has 4 rings (SSSR count). The van der Waals surface area contributed by atoms with Gasteiger partial charge in [0, 0.05) is 31.1 Å². The summed E-state index contributed by atoms with van der Waals surface area (Å²) in [6.07, 6.45) is 5.17. The second-order valence-corrected chi connectivity index (χ2v) is 8.52. The quantitative estimate of drug-likeness (QED) is 0.779. The van der Waals surface area contributed by atoms with Crippen molar-refractivity contribution >= 4 is 11.8 Å². The number of hydrogen-bond acceptors (Lipinski definition) is 4. The third kappa shape index (κ3) is 4.71. The van der Waals surface area contributed by atoms with Crippen LogP contribution in [-0.4, -0.2) is 41.0 Å². The van der Waals surface area contributed by atoms with Crippen molar-refractivity contribution in [3.63, 3.8) is 0 Å². The Morgan fingerprint density at radius 1 is 1.10 bits per heavy atom. The molecule has 7 heteroatoms. The summed E-state index contributed by atoms with van der Waals surface area (Å²) in [5, 5.41) is 6.87. The van der Waals surface area contributed by atoms with E-state index in [9.17, 15) is 14.0 Å². The van der Waals surface area contributed by atoms with E-state index in [2.05, 4.69) is 10.5 Å². The predicted molar refractivity (Wildman–Crippen MR) is 109 cm³/mol. The van der Waals surface area contributed by atoms with Crippen LogP contribution in [0, 0.1) is 12.7 Å². The summed E-state index contributed by atoms with van der Waals surface area (Å²) < 4.78 is 18.5. The number of benzene rings is 1. The number of nitrogens with zero attached hydrogens (tertiary/aromatic N) is 2. The van der Waals surface area contributed by atoms with Gasteiger partial charge in [-0.1, -0.05) is 23.7 Å². The van der Waals surface area contributed by atoms with Gasteiger partial charge in [0.15, 0.2) is 0 Å². The van der Waals surface area contributed by atoms with E-state index in [0.717, 1.165) is 55.5 Å². The molecular formula is C23H28FN3O3. The molecular weight excluding hydrogens is 385 g/mol. The van der Waals surface area contributed by atoms with Crippen molar-refractivity contribution in [2.75, 3.05) is 13.1 Å². The fourth-order valence-corrected chi connectivity index (χ4v) is 4.69. The molecule has 2 atom stereocenters. The molecule has 0 bridgehead atoms. The van der Waals surface area contributed by atoms with Crippen LogP contribution in [-0.2, 0) is 9.59 Å². The van der Waals surface area contributed by atoms with Gasteiger partial charge in [0.25, 0.3) is 0 Å². The van der Waals surface area contributed by atoms with Crippen LogP contribution in [0.4, 0.5) is 4.39 Å². The minimum Gasteiger partial charge on any atom is -0.361 e. The molecule has 2 fully saturated rings. The molecule has 1 saturated carbocycles. The number of halogens is 1. The standard InChI is InChI=1S/C23H28FN3O3/c1-15-13-21(30-26-15)17-9-11-27(12-10-17)23(29)22(28)25-20-4-2-3-18(14-20)16-5-7-19(24)8-6-16/h5-8,13,17-18,20H,2-4,9-12,14H2,1H3,(H,25,28). The van der Waals surface area contributed by atoms with E-state index in [0.29, 0.717) is 13.1 Å². The first kappa shape index (κ1) is 20.6. The van der Waals surface area contributed by atoms with Gasteiger partial charge in [-0.3, -0.25) is 9.59 Å². The van der Waals surface area contributed by atoms with Crippen molar-refractivity contribution in [3.8, 4) is 0 Å². The van der Waals surface area contributed by atoms with E-state index in [1.54, 1.807) is 4.90 Å². The molecule has 30 heavy (non-hydrogen) atoms. The van der Waals surface area contributed by atoms with Gasteiger partial charge in [0.2, 0.25) is 0 Å². The Morgan fingerprint density at radius 2 is 1.83 bits per heavy atom. The van der Waals surface area contributed by atoms with Gasteiger partial charge in [-0.2, -0.15) is 0 Å². The lowest BCUT2D eigenvalue weighted by Crippen LogP contribution is -2.49. The molecule has 2 amide bonds. The van der Waals surface area contributed by atoms with Gasteiger partial charge < -0.3 is 14.7 Å². The van der Waals surface area contributed by atoms with Crippen LogP contribution in [0.3, 0.4) is 0 Å². The summed E-state index contributed by atoms with van der Waals surface area (Å²) in [6.45, 7) is 2.97. The number of hydrogen-bond donors (Lipinski definition) is 1. The molecule has 1 aromatic heterocycles. The van der Waals surface area contributed by atoms with Crippen molar-refractivity contribution in [1.29, 1.82) is 0 Å². The Bertz CT molecular complexity index is 887. The Hall–Kier alpha value is -2.70. The smallest absolute Gasteiger partial charge is 0.311 e. The monoisotopic (exact) mass is 413 g/mol. The van der Waals surface area contributed by atoms with Gasteiger partial charge in [-0.15, -0.1) is 0 Å². The number of nitrogens with one attached hydrogen (secondary N) is 1. The van der Waals surface area contributed by atoms with Crippen LogP contribution in [0.5, 0.6) is 0 Å². The molecule has 2 heterocycles. The molecule has 1 aromatic carbocycles. The maximum Gasteiger partial charge on any atom is 0.311 e. The Morgan fingerprint density at radius 3 is 2.50 bits per heavy atom. The highest BCUT2D eigenvalue weighted by molar-refractivity contribution is 6.35. The van der Waals surface area contributed by atoms with E-state index in [1.807, 2.05) is 25.1 Å². The van der Waals surface area contributed by atoms with Crippen molar-refractivity contribution in [2.45, 2.75) is 63.3 Å². The maximum atomic E-state index is 13.2. The third-order valence-corrected chi connectivity index (χ3v) is 6.38. The van der Waals surface area contributed by atoms with Crippen LogP contribution < -0.4 is 5.32 Å². The molecule has 0 spiro atoms. The third-order valence-electron chi connectivity index (χ3n) is 6.38. The van der Waals surface area contributed by atoms with Crippen molar-refractivity contribution in [2.24, 2.45) is 0 Å². The molecule has 1 aliphatic carbocycles. The number of rotatable bonds is 3. The zero-order valence-electron chi connectivity index (χ0n) is 17.3. The zero-order valence-corrected chi connectivity index (χ0v) is 17.3. The molecule has 1 N–H and O–H groups in total. The van der Waals surface area contributed by atoms with Gasteiger partial charge in [0.05, 0.1) is 5.69 Å². The molecule has 1 aliphatic heterocycles. The summed E-state index contributed by atoms with van der Waals surface area (Å²) >= 11 is 0. The number of aryl methyl sites for hydroxylation is 1. The summed E-state index contributed by atoms with van der Waals surface area (Å²) in [7, 11) is 0. The second-order valence-electron chi connectivity index (χ2n) is 8.52. The lowest BCUT2D eigenvalue weighted by Gasteiger charge is -2.32. The van der Waals surface area contributed by atoms with Crippen LogP contribution in [0.1, 0.15) is 67.4 Å². The largest absolute Gasteiger partial charge is 0.361 e. The number of aromatic nitrogens is 1. The van der Waals surface area contributed by atoms with Crippen molar-refractivity contribution in [3.05, 3.63) is 53.2 Å². The first-order valence-electron chi connectivity index (χ1n) is 10.8. The van der Waals surface area contributed by atoms with Crippen molar-refractivity contribution in [1.82, 2.24) is 15.4 Å². The topological polar surface area (TPSA) is 75.4 Å². The van der Waals surface area contributed by atoms with Crippen LogP contribution >= 0.6 is 0 Å². The number of carbonyl (C=O) groups is 2. The Kier molecular flexibility index (Phi) is 6.16. The molecule has 1 saturated heterocycles. The fourth-order valence-electron chi connectivity index (χ4n) is 4.69. The van der Waals surface area contributed by atoms with Crippen LogP contribution in [0.15, 0.2) is 34.9 Å². The van der Waals surface area contributed by atoms with Crippen LogP contribution in [0.2, 0.25) is 0 Å². The van der Waals surface area contributed by atoms with E-state index < -0.39 is 11.8 Å². The van der Waals surface area contributed by atoms with Gasteiger partial charge in [0.1, 0.15) is 11.6 Å². The lowest BCUT2D eigenvalue weighted by molar-refractivity contribution is -0.147. The lowest BCUT2D eigenvalue weighted by atomic mass is 9.81. The highest BCUT2D eigenvalue weighted by Crippen LogP contribution is 2.33. The molecule has 0 radical (unpaired) electrons. The van der Waals surface area contributed by atoms with Gasteiger partial charge in [-0.05, 0) is 62.6 Å². The molecule has 2 aliphatic rings. The van der Waals surface area contributed by atoms with E-state index in [-0.39, 0.29) is 23.7 Å². The normalized spacial score (nSPS) is 22.7. The number of piperidine rings is 1. The minimum absolute atomic E-state index is 0.0278. The Balaban J connectivity index is 1.28. The first-order valence-corrected chi connectivity index (χ1v) is 10.8. The van der Waals surface area contributed by atoms with E-state index >= 15 is 0 Å². The van der Waals surface area contributed by atoms with Crippen LogP contribution in [0.25, 0.3) is 0 Å². The Labute approximate surface area is 175 Å². The number of likely N-dealkylation sites (tertiary alicyclic amines) is 1. The highest BCUT2D eigenvalue weighted by Gasteiger charge is 2.31. The van der Waals surface area contributed by atoms with E-state index in [4.69, 9.17) is 4.52 Å². The SMILES string of the molecule is Cc1cc(C2CCN(C(=O)C(=O)NC3CCCC(c4ccc(F)cc4)C3)CC2)on1. The molecule has 2 aromatic rings. The predicted octanol–water partition coefficient (Wildman–Crippen LogP) is 3.67. The summed E-state index contributed by atoms with van der Waals surface area (Å²) in [6, 6.07) is 8.50. The average molecular weight is 413 g/mol. The average Bonchev–Trinajstić information content (AvgIpc) is 3.20. The van der Waals surface area contributed by atoms with Gasteiger partial charge >= 0.3 is 11.8 Å². The molecule has 2 unspecified atom stereocenters. The highest BCUT2D eigenvalue weighted by atomic mass is 19.1. The fraction of sp³-hybridized carbons (Fsp3) is 0.522. The molecule has 160 valence electrons. The molecule has 6 nitrogen and oxygen atoms in total. The van der Waals surface area contributed by atoms with E-state index in [1.165, 1.54) is 12.1 Å². The number of amides is 2. The van der Waals surface area contributed by atoms with Gasteiger partial charge in [-0.25, -0.2) is 4.39 Å². The van der Waals surface area contributed by atoms with Crippen molar-refractivity contribution < 1.29 is 18.5 Å². The maximum absolute atomic E-state index is 13.2. The summed E-state index contributed by atoms with van der Waals surface area (Å²) in [5.41, 5.74) is 1.95.